The molecule has 106 valence electrons. The van der Waals surface area contributed by atoms with Gasteiger partial charge in [0, 0.05) is 23.8 Å². The summed E-state index contributed by atoms with van der Waals surface area (Å²) in [5, 5.41) is 2.74. The zero-order chi connectivity index (χ0) is 14.8. The molecular weight excluding hydrogens is 349 g/mol. The van der Waals surface area contributed by atoms with E-state index in [1.165, 1.54) is 36.5 Å². The molecule has 0 unspecified atom stereocenters. The van der Waals surface area contributed by atoms with E-state index in [0.29, 0.717) is 10.3 Å². The molecule has 2 rings (SSSR count). The minimum absolute atomic E-state index is 0.00349. The Morgan fingerprint density at radius 2 is 2.00 bits per heavy atom. The molecule has 0 radical (unpaired) electrons. The topological polar surface area (TPSA) is 71.1 Å². The van der Waals surface area contributed by atoms with E-state index in [2.05, 4.69) is 31.0 Å². The van der Waals surface area contributed by atoms with Gasteiger partial charge in [0.15, 0.2) is 0 Å². The lowest BCUT2D eigenvalue weighted by atomic mass is 10.3. The number of rotatable bonds is 4. The molecule has 0 spiro atoms. The first-order valence-electron chi connectivity index (χ1n) is 5.54. The van der Waals surface area contributed by atoms with Gasteiger partial charge in [0.2, 0.25) is 0 Å². The van der Waals surface area contributed by atoms with Crippen LogP contribution in [0.4, 0.5) is 15.9 Å². The summed E-state index contributed by atoms with van der Waals surface area (Å²) in [6, 6.07) is 6.70. The summed E-state index contributed by atoms with van der Waals surface area (Å²) in [6.45, 7) is 0. The van der Waals surface area contributed by atoms with Crippen molar-refractivity contribution in [2.75, 3.05) is 17.1 Å². The van der Waals surface area contributed by atoms with Gasteiger partial charge in [-0.1, -0.05) is 15.9 Å². The number of pyridine rings is 1. The van der Waals surface area contributed by atoms with Gasteiger partial charge < -0.3 is 5.32 Å². The number of halogens is 2. The molecule has 0 aliphatic heterocycles. The van der Waals surface area contributed by atoms with Crippen LogP contribution in [0.5, 0.6) is 0 Å². The van der Waals surface area contributed by atoms with Gasteiger partial charge in [0.05, 0.1) is 10.6 Å². The van der Waals surface area contributed by atoms with Gasteiger partial charge in [-0.05, 0) is 24.3 Å². The summed E-state index contributed by atoms with van der Waals surface area (Å²) in [4.78, 5) is 3.92. The number of hydrogen-bond donors (Lipinski definition) is 2. The normalized spacial score (nSPS) is 11.2. The van der Waals surface area contributed by atoms with E-state index in [9.17, 15) is 12.8 Å². The highest BCUT2D eigenvalue weighted by atomic mass is 79.9. The second-order valence-electron chi connectivity index (χ2n) is 3.86. The smallest absolute Gasteiger partial charge is 0.262 e. The monoisotopic (exact) mass is 359 g/mol. The maximum Gasteiger partial charge on any atom is 0.262 e. The SMILES string of the molecule is CNc1cc(S(=O)(=O)Nc2cc(Br)ccc2F)ccn1. The van der Waals surface area contributed by atoms with E-state index >= 15 is 0 Å². The number of nitrogens with one attached hydrogen (secondary N) is 2. The highest BCUT2D eigenvalue weighted by Crippen LogP contribution is 2.23. The number of anilines is 2. The third-order valence-corrected chi connectivity index (χ3v) is 4.33. The highest BCUT2D eigenvalue weighted by molar-refractivity contribution is 9.10. The molecular formula is C12H11BrFN3O2S. The van der Waals surface area contributed by atoms with Crippen molar-refractivity contribution in [2.45, 2.75) is 4.90 Å². The van der Waals surface area contributed by atoms with Crippen molar-refractivity contribution >= 4 is 37.5 Å². The lowest BCUT2D eigenvalue weighted by Crippen LogP contribution is -2.14. The molecule has 0 bridgehead atoms. The first-order chi connectivity index (χ1) is 9.42. The van der Waals surface area contributed by atoms with Crippen LogP contribution in [0, 0.1) is 5.82 Å². The fourth-order valence-electron chi connectivity index (χ4n) is 1.49. The molecule has 0 saturated carbocycles. The van der Waals surface area contributed by atoms with Gasteiger partial charge in [-0.25, -0.2) is 17.8 Å². The molecule has 0 aliphatic rings. The fraction of sp³-hybridized carbons (Fsp3) is 0.0833. The maximum atomic E-state index is 13.6. The summed E-state index contributed by atoms with van der Waals surface area (Å²) in [5.41, 5.74) is -0.123. The predicted octanol–water partition coefficient (Wildman–Crippen LogP) is 2.83. The Balaban J connectivity index is 2.38. The average molecular weight is 360 g/mol. The van der Waals surface area contributed by atoms with Crippen LogP contribution in [0.1, 0.15) is 0 Å². The van der Waals surface area contributed by atoms with Crippen LogP contribution in [-0.4, -0.2) is 20.4 Å². The molecule has 0 atom stereocenters. The lowest BCUT2D eigenvalue weighted by Gasteiger charge is -2.10. The first-order valence-corrected chi connectivity index (χ1v) is 7.81. The molecule has 1 aromatic heterocycles. The Morgan fingerprint density at radius 1 is 1.25 bits per heavy atom. The minimum atomic E-state index is -3.88. The summed E-state index contributed by atoms with van der Waals surface area (Å²) < 4.78 is 40.7. The van der Waals surface area contributed by atoms with Crippen LogP contribution < -0.4 is 10.0 Å². The number of aromatic nitrogens is 1. The zero-order valence-electron chi connectivity index (χ0n) is 10.4. The van der Waals surface area contributed by atoms with Crippen molar-refractivity contribution in [3.8, 4) is 0 Å². The van der Waals surface area contributed by atoms with Crippen molar-refractivity contribution in [1.82, 2.24) is 4.98 Å². The second kappa shape index (κ2) is 5.76. The highest BCUT2D eigenvalue weighted by Gasteiger charge is 2.17. The molecule has 0 saturated heterocycles. The van der Waals surface area contributed by atoms with E-state index in [4.69, 9.17) is 0 Å². The summed E-state index contributed by atoms with van der Waals surface area (Å²) in [5.74, 6) is -0.248. The molecule has 5 nitrogen and oxygen atoms in total. The first kappa shape index (κ1) is 14.7. The number of benzene rings is 1. The molecule has 0 amide bonds. The number of hydrogen-bond acceptors (Lipinski definition) is 4. The molecule has 1 heterocycles. The van der Waals surface area contributed by atoms with Crippen molar-refractivity contribution in [1.29, 1.82) is 0 Å². The van der Waals surface area contributed by atoms with E-state index in [1.54, 1.807) is 7.05 Å². The van der Waals surface area contributed by atoms with Crippen LogP contribution >= 0.6 is 15.9 Å². The molecule has 2 N–H and O–H groups in total. The number of sulfonamides is 1. The Morgan fingerprint density at radius 3 is 2.70 bits per heavy atom. The summed E-state index contributed by atoms with van der Waals surface area (Å²) in [6.07, 6.45) is 1.36. The molecule has 1 aromatic carbocycles. The third kappa shape index (κ3) is 3.26. The predicted molar refractivity (Wildman–Crippen MR) is 78.7 cm³/mol. The minimum Gasteiger partial charge on any atom is -0.373 e. The quantitative estimate of drug-likeness (QED) is 0.880. The lowest BCUT2D eigenvalue weighted by molar-refractivity contribution is 0.598. The van der Waals surface area contributed by atoms with E-state index < -0.39 is 15.8 Å². The van der Waals surface area contributed by atoms with Gasteiger partial charge in [-0.15, -0.1) is 0 Å². The molecule has 2 aromatic rings. The van der Waals surface area contributed by atoms with Crippen LogP contribution in [0.2, 0.25) is 0 Å². The van der Waals surface area contributed by atoms with Gasteiger partial charge in [-0.2, -0.15) is 0 Å². The van der Waals surface area contributed by atoms with Crippen LogP contribution in [0.3, 0.4) is 0 Å². The van der Waals surface area contributed by atoms with Gasteiger partial charge in [0.25, 0.3) is 10.0 Å². The Labute approximate surface area is 124 Å². The van der Waals surface area contributed by atoms with Crippen molar-refractivity contribution < 1.29 is 12.8 Å². The number of nitrogens with zero attached hydrogens (tertiary/aromatic N) is 1. The Hall–Kier alpha value is -1.67. The van der Waals surface area contributed by atoms with Crippen LogP contribution in [-0.2, 0) is 10.0 Å². The van der Waals surface area contributed by atoms with E-state index in [0.717, 1.165) is 0 Å². The Bertz CT molecular complexity index is 737. The van der Waals surface area contributed by atoms with Crippen molar-refractivity contribution in [2.24, 2.45) is 0 Å². The average Bonchev–Trinajstić information content (AvgIpc) is 2.43. The molecule has 8 heteroatoms. The third-order valence-electron chi connectivity index (χ3n) is 2.47. The standard InChI is InChI=1S/C12H11BrFN3O2S/c1-15-12-7-9(4-5-16-12)20(18,19)17-11-6-8(13)2-3-10(11)14/h2-7,17H,1H3,(H,15,16). The summed E-state index contributed by atoms with van der Waals surface area (Å²) >= 11 is 3.16. The molecule has 0 fully saturated rings. The Kier molecular flexibility index (Phi) is 4.24. The maximum absolute atomic E-state index is 13.6. The van der Waals surface area contributed by atoms with E-state index in [-0.39, 0.29) is 10.6 Å². The van der Waals surface area contributed by atoms with Crippen LogP contribution in [0.25, 0.3) is 0 Å². The second-order valence-corrected chi connectivity index (χ2v) is 6.45. The van der Waals surface area contributed by atoms with E-state index in [1.807, 2.05) is 0 Å². The van der Waals surface area contributed by atoms with Crippen molar-refractivity contribution in [3.63, 3.8) is 0 Å². The van der Waals surface area contributed by atoms with Gasteiger partial charge >= 0.3 is 0 Å². The van der Waals surface area contributed by atoms with Crippen molar-refractivity contribution in [3.05, 3.63) is 46.8 Å². The van der Waals surface area contributed by atoms with Gasteiger partial charge in [0.1, 0.15) is 11.6 Å². The molecule has 20 heavy (non-hydrogen) atoms. The molecule has 0 aliphatic carbocycles. The fourth-order valence-corrected chi connectivity index (χ4v) is 2.93. The summed E-state index contributed by atoms with van der Waals surface area (Å²) in [7, 11) is -2.25. The van der Waals surface area contributed by atoms with Gasteiger partial charge in [-0.3, -0.25) is 4.72 Å². The zero-order valence-corrected chi connectivity index (χ0v) is 12.8. The van der Waals surface area contributed by atoms with Crippen LogP contribution in [0.15, 0.2) is 45.9 Å². The largest absolute Gasteiger partial charge is 0.373 e.